The summed E-state index contributed by atoms with van der Waals surface area (Å²) in [4.78, 5) is 17.2. The van der Waals surface area contributed by atoms with E-state index < -0.39 is 15.9 Å². The minimum absolute atomic E-state index is 0.0445. The van der Waals surface area contributed by atoms with Gasteiger partial charge in [-0.05, 0) is 62.7 Å². The van der Waals surface area contributed by atoms with Gasteiger partial charge in [-0.15, -0.1) is 0 Å². The van der Waals surface area contributed by atoms with Crippen LogP contribution in [0.2, 0.25) is 5.02 Å². The zero-order valence-electron chi connectivity index (χ0n) is 16.8. The molecule has 0 unspecified atom stereocenters. The number of hydrogen-bond acceptors (Lipinski definition) is 5. The number of aromatic nitrogens is 3. The van der Waals surface area contributed by atoms with Gasteiger partial charge >= 0.3 is 0 Å². The summed E-state index contributed by atoms with van der Waals surface area (Å²) in [6.45, 7) is 6.00. The lowest BCUT2D eigenvalue weighted by atomic mass is 10.3. The number of amides is 1. The topological polar surface area (TPSA) is 106 Å². The van der Waals surface area contributed by atoms with Crippen molar-refractivity contribution in [2.75, 3.05) is 11.9 Å². The number of carbonyl (C=O) groups is 1. The summed E-state index contributed by atoms with van der Waals surface area (Å²) in [7, 11) is -3.57. The first-order valence-electron chi connectivity index (χ1n) is 9.32. The van der Waals surface area contributed by atoms with Crippen molar-refractivity contribution in [1.82, 2.24) is 19.5 Å². The van der Waals surface area contributed by atoms with E-state index in [-0.39, 0.29) is 15.6 Å². The van der Waals surface area contributed by atoms with Crippen LogP contribution in [0.4, 0.5) is 5.69 Å². The Bertz CT molecular complexity index is 1170. The van der Waals surface area contributed by atoms with Crippen LogP contribution in [0.1, 0.15) is 35.2 Å². The normalized spacial score (nSPS) is 11.5. The average molecular weight is 448 g/mol. The first kappa shape index (κ1) is 21.9. The summed E-state index contributed by atoms with van der Waals surface area (Å²) in [6, 6.07) is 11.0. The molecule has 0 aliphatic rings. The Labute approximate surface area is 180 Å². The van der Waals surface area contributed by atoms with Crippen LogP contribution in [-0.2, 0) is 10.0 Å². The number of pyridine rings is 1. The van der Waals surface area contributed by atoms with Crippen molar-refractivity contribution in [3.05, 3.63) is 64.6 Å². The highest BCUT2D eigenvalue weighted by Gasteiger charge is 2.17. The van der Waals surface area contributed by atoms with Crippen molar-refractivity contribution in [1.29, 1.82) is 0 Å². The third-order valence-corrected chi connectivity index (χ3v) is 6.02. The SMILES string of the molecule is CCCNS(=O)(=O)c1ccc(NC(=O)c2nc(-n3nc(C)cc3C)ccc2Cl)cc1. The van der Waals surface area contributed by atoms with Crippen LogP contribution in [0.25, 0.3) is 5.82 Å². The molecule has 0 bridgehead atoms. The fraction of sp³-hybridized carbons (Fsp3) is 0.250. The highest BCUT2D eigenvalue weighted by molar-refractivity contribution is 7.89. The predicted octanol–water partition coefficient (Wildman–Crippen LogP) is 3.48. The minimum Gasteiger partial charge on any atom is -0.321 e. The molecule has 0 spiro atoms. The molecule has 10 heteroatoms. The standard InChI is InChI=1S/C20H22ClN5O3S/c1-4-11-22-30(28,29)16-7-5-15(6-8-16)23-20(27)19-17(21)9-10-18(24-19)26-14(3)12-13(2)25-26/h5-10,12,22H,4,11H2,1-3H3,(H,23,27). The summed E-state index contributed by atoms with van der Waals surface area (Å²) in [5.41, 5.74) is 2.17. The van der Waals surface area contributed by atoms with Gasteiger partial charge in [-0.1, -0.05) is 18.5 Å². The van der Waals surface area contributed by atoms with Crippen LogP contribution < -0.4 is 10.0 Å². The zero-order valence-corrected chi connectivity index (χ0v) is 18.4. The number of hydrogen-bond donors (Lipinski definition) is 2. The lowest BCUT2D eigenvalue weighted by molar-refractivity contribution is 0.102. The van der Waals surface area contributed by atoms with Crippen molar-refractivity contribution < 1.29 is 13.2 Å². The molecule has 0 radical (unpaired) electrons. The summed E-state index contributed by atoms with van der Waals surface area (Å²) >= 11 is 6.18. The maximum absolute atomic E-state index is 12.7. The van der Waals surface area contributed by atoms with Crippen LogP contribution in [0.3, 0.4) is 0 Å². The first-order valence-corrected chi connectivity index (χ1v) is 11.2. The molecule has 0 fully saturated rings. The van der Waals surface area contributed by atoms with Gasteiger partial charge in [0, 0.05) is 17.9 Å². The molecule has 158 valence electrons. The number of aryl methyl sites for hydroxylation is 2. The molecule has 0 saturated heterocycles. The Hall–Kier alpha value is -2.75. The molecule has 30 heavy (non-hydrogen) atoms. The van der Waals surface area contributed by atoms with Gasteiger partial charge < -0.3 is 5.32 Å². The van der Waals surface area contributed by atoms with Gasteiger partial charge in [-0.2, -0.15) is 5.10 Å². The van der Waals surface area contributed by atoms with Crippen LogP contribution in [0.15, 0.2) is 47.4 Å². The van der Waals surface area contributed by atoms with Crippen molar-refractivity contribution in [2.24, 2.45) is 0 Å². The molecule has 0 aliphatic heterocycles. The van der Waals surface area contributed by atoms with Crippen molar-refractivity contribution in [3.63, 3.8) is 0 Å². The second-order valence-electron chi connectivity index (χ2n) is 6.72. The van der Waals surface area contributed by atoms with E-state index >= 15 is 0 Å². The molecule has 2 N–H and O–H groups in total. The maximum Gasteiger partial charge on any atom is 0.275 e. The van der Waals surface area contributed by atoms with Crippen molar-refractivity contribution >= 4 is 33.2 Å². The monoisotopic (exact) mass is 447 g/mol. The molecule has 3 rings (SSSR count). The van der Waals surface area contributed by atoms with Gasteiger partial charge in [0.05, 0.1) is 15.6 Å². The second kappa shape index (κ2) is 8.95. The summed E-state index contributed by atoms with van der Waals surface area (Å²) in [5.74, 6) is -0.0401. The quantitative estimate of drug-likeness (QED) is 0.576. The molecule has 2 aromatic heterocycles. The van der Waals surface area contributed by atoms with Crippen LogP contribution in [0.5, 0.6) is 0 Å². The van der Waals surface area contributed by atoms with Crippen molar-refractivity contribution in [3.8, 4) is 5.82 Å². The van der Waals surface area contributed by atoms with Gasteiger partial charge in [-0.25, -0.2) is 22.8 Å². The Kier molecular flexibility index (Phi) is 6.55. The highest BCUT2D eigenvalue weighted by Crippen LogP contribution is 2.20. The fourth-order valence-corrected chi connectivity index (χ4v) is 4.12. The number of halogens is 1. The predicted molar refractivity (Wildman–Crippen MR) is 116 cm³/mol. The zero-order chi connectivity index (χ0) is 21.9. The van der Waals surface area contributed by atoms with Gasteiger partial charge in [-0.3, -0.25) is 4.79 Å². The van der Waals surface area contributed by atoms with E-state index in [0.29, 0.717) is 24.5 Å². The number of nitrogens with one attached hydrogen (secondary N) is 2. The summed E-state index contributed by atoms with van der Waals surface area (Å²) in [6.07, 6.45) is 0.692. The van der Waals surface area contributed by atoms with E-state index in [9.17, 15) is 13.2 Å². The van der Waals surface area contributed by atoms with Crippen LogP contribution >= 0.6 is 11.6 Å². The lowest BCUT2D eigenvalue weighted by Gasteiger charge is -2.10. The van der Waals surface area contributed by atoms with E-state index in [1.165, 1.54) is 24.3 Å². The first-order chi connectivity index (χ1) is 14.2. The number of nitrogens with zero attached hydrogens (tertiary/aromatic N) is 3. The average Bonchev–Trinajstić information content (AvgIpc) is 3.05. The molecule has 1 aromatic carbocycles. The minimum atomic E-state index is -3.57. The third kappa shape index (κ3) is 4.86. The summed E-state index contributed by atoms with van der Waals surface area (Å²) < 4.78 is 28.4. The van der Waals surface area contributed by atoms with Crippen LogP contribution in [0, 0.1) is 13.8 Å². The Morgan fingerprint density at radius 2 is 1.83 bits per heavy atom. The highest BCUT2D eigenvalue weighted by atomic mass is 35.5. The summed E-state index contributed by atoms with van der Waals surface area (Å²) in [5, 5.41) is 7.25. The third-order valence-electron chi connectivity index (χ3n) is 4.24. The number of rotatable bonds is 7. The Morgan fingerprint density at radius 3 is 2.43 bits per heavy atom. The van der Waals surface area contributed by atoms with Crippen LogP contribution in [-0.4, -0.2) is 35.6 Å². The Balaban J connectivity index is 1.81. The Morgan fingerprint density at radius 1 is 1.13 bits per heavy atom. The van der Waals surface area contributed by atoms with E-state index in [0.717, 1.165) is 11.4 Å². The van der Waals surface area contributed by atoms with Gasteiger partial charge in [0.25, 0.3) is 5.91 Å². The van der Waals surface area contributed by atoms with E-state index in [1.54, 1.807) is 16.8 Å². The molecule has 0 aliphatic carbocycles. The molecule has 2 heterocycles. The molecule has 1 amide bonds. The van der Waals surface area contributed by atoms with Crippen molar-refractivity contribution in [2.45, 2.75) is 32.1 Å². The smallest absolute Gasteiger partial charge is 0.275 e. The molecule has 0 saturated carbocycles. The molecular weight excluding hydrogens is 426 g/mol. The number of anilines is 1. The maximum atomic E-state index is 12.7. The van der Waals surface area contributed by atoms with Gasteiger partial charge in [0.15, 0.2) is 5.82 Å². The van der Waals surface area contributed by atoms with E-state index in [2.05, 4.69) is 20.1 Å². The lowest BCUT2D eigenvalue weighted by Crippen LogP contribution is -2.24. The molecule has 8 nitrogen and oxygen atoms in total. The second-order valence-corrected chi connectivity index (χ2v) is 8.89. The van der Waals surface area contributed by atoms with E-state index in [4.69, 9.17) is 11.6 Å². The fourth-order valence-electron chi connectivity index (χ4n) is 2.80. The number of sulfonamides is 1. The largest absolute Gasteiger partial charge is 0.321 e. The molecule has 0 atom stereocenters. The number of carbonyl (C=O) groups excluding carboxylic acids is 1. The van der Waals surface area contributed by atoms with Gasteiger partial charge in [0.1, 0.15) is 5.69 Å². The van der Waals surface area contributed by atoms with E-state index in [1.807, 2.05) is 26.8 Å². The number of benzene rings is 1. The molecular formula is C20H22ClN5O3S. The van der Waals surface area contributed by atoms with Gasteiger partial charge in [0.2, 0.25) is 10.0 Å². The molecule has 3 aromatic rings.